The minimum atomic E-state index is -1.56. The molecule has 2 aliphatic heterocycles. The fraction of sp³-hybridized carbons (Fsp3) is 0.464. The minimum Gasteiger partial charge on any atom is -0.462 e. The molecule has 0 aromatic heterocycles. The van der Waals surface area contributed by atoms with Gasteiger partial charge in [0.05, 0.1) is 13.2 Å². The van der Waals surface area contributed by atoms with E-state index in [1.807, 2.05) is 0 Å². The summed E-state index contributed by atoms with van der Waals surface area (Å²) in [6.07, 6.45) is -11.3. The number of hydrogen-bond donors (Lipinski definition) is 8. The maximum atomic E-state index is 12.2. The lowest BCUT2D eigenvalue weighted by Crippen LogP contribution is -2.60. The summed E-state index contributed by atoms with van der Waals surface area (Å²) < 4.78 is 26.9. The number of rotatable bonds is 10. The molecule has 0 spiro atoms. The van der Waals surface area contributed by atoms with Crippen LogP contribution >= 0.6 is 0 Å². The first-order chi connectivity index (χ1) is 20.1. The summed E-state index contributed by atoms with van der Waals surface area (Å²) in [5.41, 5.74) is 1.26. The van der Waals surface area contributed by atoms with Crippen molar-refractivity contribution in [3.05, 3.63) is 65.7 Å². The quantitative estimate of drug-likeness (QED) is 0.108. The molecule has 14 heteroatoms. The zero-order valence-electron chi connectivity index (χ0n) is 22.2. The second-order valence-corrected chi connectivity index (χ2v) is 9.78. The van der Waals surface area contributed by atoms with E-state index >= 15 is 0 Å². The molecule has 10 atom stereocenters. The molecule has 0 radical (unpaired) electrons. The highest BCUT2D eigenvalue weighted by Gasteiger charge is 2.45. The first kappa shape index (κ1) is 31.8. The smallest absolute Gasteiger partial charge is 0.331 e. The van der Waals surface area contributed by atoms with Crippen LogP contribution in [-0.4, -0.2) is 121 Å². The van der Waals surface area contributed by atoms with E-state index in [0.29, 0.717) is 11.1 Å². The van der Waals surface area contributed by atoms with Gasteiger partial charge in [0.15, 0.2) is 0 Å². The van der Waals surface area contributed by atoms with Gasteiger partial charge in [-0.05, 0) is 41.5 Å². The Morgan fingerprint density at radius 1 is 0.667 bits per heavy atom. The highest BCUT2D eigenvalue weighted by molar-refractivity contribution is 5.87. The maximum Gasteiger partial charge on any atom is 0.331 e. The van der Waals surface area contributed by atoms with E-state index in [1.165, 1.54) is 24.3 Å². The minimum absolute atomic E-state index is 0.0463. The first-order valence-electron chi connectivity index (χ1n) is 13.1. The van der Waals surface area contributed by atoms with Gasteiger partial charge in [0.2, 0.25) is 12.6 Å². The third-order valence-electron chi connectivity index (χ3n) is 6.80. The van der Waals surface area contributed by atoms with E-state index in [9.17, 15) is 45.6 Å². The van der Waals surface area contributed by atoms with Crippen LogP contribution in [0.1, 0.15) is 11.1 Å². The summed E-state index contributed by atoms with van der Waals surface area (Å²) in [6.45, 7) is -1.19. The summed E-state index contributed by atoms with van der Waals surface area (Å²) in [4.78, 5) is 12.2. The summed E-state index contributed by atoms with van der Waals surface area (Å²) in [6, 6.07) is 12.6. The molecule has 8 N–H and O–H groups in total. The Morgan fingerprint density at radius 2 is 1.12 bits per heavy atom. The van der Waals surface area contributed by atoms with Crippen LogP contribution in [0.2, 0.25) is 0 Å². The second kappa shape index (κ2) is 14.3. The zero-order chi connectivity index (χ0) is 30.4. The molecule has 2 heterocycles. The predicted molar refractivity (Wildman–Crippen MR) is 141 cm³/mol. The molecular formula is C28H34O14. The van der Waals surface area contributed by atoms with Crippen LogP contribution in [0.5, 0.6) is 11.5 Å². The van der Waals surface area contributed by atoms with Crippen LogP contribution in [0.15, 0.2) is 54.6 Å². The van der Waals surface area contributed by atoms with E-state index in [4.69, 9.17) is 23.7 Å². The van der Waals surface area contributed by atoms with Gasteiger partial charge in [-0.3, -0.25) is 0 Å². The molecule has 2 aromatic rings. The Balaban J connectivity index is 1.23. The lowest BCUT2D eigenvalue weighted by Gasteiger charge is -2.39. The second-order valence-electron chi connectivity index (χ2n) is 9.78. The molecule has 2 saturated heterocycles. The number of carbonyl (C=O) groups excluding carboxylic acids is 1. The van der Waals surface area contributed by atoms with Crippen molar-refractivity contribution < 1.29 is 69.3 Å². The number of aliphatic hydroxyl groups is 8. The lowest BCUT2D eigenvalue weighted by molar-refractivity contribution is -0.277. The van der Waals surface area contributed by atoms with Crippen molar-refractivity contribution in [2.75, 3.05) is 13.2 Å². The van der Waals surface area contributed by atoms with Crippen LogP contribution in [0.25, 0.3) is 6.08 Å². The van der Waals surface area contributed by atoms with E-state index in [1.54, 1.807) is 36.4 Å². The molecule has 10 unspecified atom stereocenters. The maximum absolute atomic E-state index is 12.2. The van der Waals surface area contributed by atoms with Gasteiger partial charge in [-0.2, -0.15) is 0 Å². The lowest BCUT2D eigenvalue weighted by atomic mass is 9.99. The van der Waals surface area contributed by atoms with Crippen LogP contribution in [-0.2, 0) is 25.6 Å². The van der Waals surface area contributed by atoms with Gasteiger partial charge < -0.3 is 64.5 Å². The van der Waals surface area contributed by atoms with Gasteiger partial charge in [-0.15, -0.1) is 0 Å². The number of hydrogen-bond acceptors (Lipinski definition) is 14. The van der Waals surface area contributed by atoms with Crippen molar-refractivity contribution in [2.45, 2.75) is 68.0 Å². The van der Waals surface area contributed by atoms with Gasteiger partial charge in [0, 0.05) is 6.08 Å². The van der Waals surface area contributed by atoms with Crippen LogP contribution in [0, 0.1) is 0 Å². The van der Waals surface area contributed by atoms with Crippen molar-refractivity contribution in [1.82, 2.24) is 0 Å². The molecular weight excluding hydrogens is 560 g/mol. The fourth-order valence-electron chi connectivity index (χ4n) is 4.29. The SMILES string of the molecule is O=C(/C=C/c1ccc(OC2OC(CO)C(O)C(O)C2O)cc1)OCc1ccc(OC2OC(CO)C(O)C(O)C2O)cc1. The Bertz CT molecular complexity index is 1170. The molecule has 230 valence electrons. The number of benzene rings is 2. The van der Waals surface area contributed by atoms with Gasteiger partial charge >= 0.3 is 5.97 Å². The molecule has 0 saturated carbocycles. The monoisotopic (exact) mass is 594 g/mol. The third kappa shape index (κ3) is 7.62. The number of ether oxygens (including phenoxy) is 5. The Kier molecular flexibility index (Phi) is 10.9. The molecule has 4 rings (SSSR count). The largest absolute Gasteiger partial charge is 0.462 e. The predicted octanol–water partition coefficient (Wildman–Crippen LogP) is -2.20. The average molecular weight is 595 g/mol. The van der Waals surface area contributed by atoms with Gasteiger partial charge in [0.25, 0.3) is 0 Å². The van der Waals surface area contributed by atoms with Gasteiger partial charge in [-0.25, -0.2) is 4.79 Å². The van der Waals surface area contributed by atoms with Crippen molar-refractivity contribution in [3.8, 4) is 11.5 Å². The molecule has 0 aliphatic carbocycles. The standard InChI is InChI=1S/C28H34O14/c29-11-18-21(32)23(34)25(36)27(41-18)39-16-6-1-14(2-7-16)5-10-20(31)38-13-15-3-8-17(9-4-15)40-28-26(37)24(35)22(33)19(12-30)42-28/h1-10,18-19,21-30,32-37H,11-13H2/b10-5+. The zero-order valence-corrected chi connectivity index (χ0v) is 22.2. The van der Waals surface area contributed by atoms with E-state index in [0.717, 1.165) is 0 Å². The number of aliphatic hydroxyl groups excluding tert-OH is 8. The molecule has 0 bridgehead atoms. The van der Waals surface area contributed by atoms with Gasteiger partial charge in [-0.1, -0.05) is 24.3 Å². The number of carbonyl (C=O) groups is 1. The van der Waals surface area contributed by atoms with Crippen molar-refractivity contribution >= 4 is 12.0 Å². The van der Waals surface area contributed by atoms with Crippen LogP contribution in [0.4, 0.5) is 0 Å². The Hall–Kier alpha value is -3.15. The van der Waals surface area contributed by atoms with Crippen molar-refractivity contribution in [1.29, 1.82) is 0 Å². The Labute approximate surface area is 240 Å². The van der Waals surface area contributed by atoms with Crippen LogP contribution < -0.4 is 9.47 Å². The number of esters is 1. The molecule has 2 fully saturated rings. The molecule has 2 aromatic carbocycles. The van der Waals surface area contributed by atoms with E-state index in [2.05, 4.69) is 0 Å². The average Bonchev–Trinajstić information content (AvgIpc) is 3.00. The topological polar surface area (TPSA) is 225 Å². The summed E-state index contributed by atoms with van der Waals surface area (Å²) in [5.74, 6) is -0.0652. The third-order valence-corrected chi connectivity index (χ3v) is 6.80. The molecule has 2 aliphatic rings. The summed E-state index contributed by atoms with van der Waals surface area (Å²) >= 11 is 0. The van der Waals surface area contributed by atoms with E-state index < -0.39 is 80.6 Å². The molecule has 14 nitrogen and oxygen atoms in total. The van der Waals surface area contributed by atoms with E-state index in [-0.39, 0.29) is 18.1 Å². The summed E-state index contributed by atoms with van der Waals surface area (Å²) in [5, 5.41) is 78.2. The van der Waals surface area contributed by atoms with Crippen molar-refractivity contribution in [3.63, 3.8) is 0 Å². The van der Waals surface area contributed by atoms with Crippen molar-refractivity contribution in [2.24, 2.45) is 0 Å². The molecule has 0 amide bonds. The first-order valence-corrected chi connectivity index (χ1v) is 13.1. The van der Waals surface area contributed by atoms with Gasteiger partial charge in [0.1, 0.15) is 66.9 Å². The summed E-state index contributed by atoms with van der Waals surface area (Å²) in [7, 11) is 0. The highest BCUT2D eigenvalue weighted by atomic mass is 16.7. The Morgan fingerprint density at radius 3 is 1.57 bits per heavy atom. The highest BCUT2D eigenvalue weighted by Crippen LogP contribution is 2.26. The van der Waals surface area contributed by atoms with Crippen LogP contribution in [0.3, 0.4) is 0 Å². The molecule has 42 heavy (non-hydrogen) atoms. The normalized spacial score (nSPS) is 33.3. The fourth-order valence-corrected chi connectivity index (χ4v) is 4.29.